The van der Waals surface area contributed by atoms with Crippen LogP contribution in [0.2, 0.25) is 0 Å². The van der Waals surface area contributed by atoms with E-state index >= 15 is 0 Å². The Labute approximate surface area is 326 Å². The van der Waals surface area contributed by atoms with E-state index in [1.54, 1.807) is 0 Å². The first kappa shape index (κ1) is 32.6. The summed E-state index contributed by atoms with van der Waals surface area (Å²) >= 11 is 0. The molecule has 4 nitrogen and oxygen atoms in total. The zero-order valence-corrected chi connectivity index (χ0v) is 31.0. The Balaban J connectivity index is 0.000000132. The molecule has 274 valence electrons. The van der Waals surface area contributed by atoms with Crippen LogP contribution in [-0.4, -0.2) is 38.0 Å². The van der Waals surface area contributed by atoms with Crippen LogP contribution in [0.25, 0.3) is 64.6 Å². The van der Waals surface area contributed by atoms with Crippen LogP contribution in [0.1, 0.15) is 47.4 Å². The minimum absolute atomic E-state index is 0. The summed E-state index contributed by atoms with van der Waals surface area (Å²) in [6, 6.07) is 45.1. The first-order valence-corrected chi connectivity index (χ1v) is 19.9. The predicted octanol–water partition coefficient (Wildman–Crippen LogP) is 12.3. The van der Waals surface area contributed by atoms with Crippen LogP contribution in [0.15, 0.2) is 159 Å². The van der Waals surface area contributed by atoms with Gasteiger partial charge in [0.2, 0.25) is 0 Å². The van der Waals surface area contributed by atoms with Crippen molar-refractivity contribution in [3.8, 4) is 0 Å². The monoisotopic (exact) mass is 731 g/mol. The average molecular weight is 732 g/mol. The molecule has 0 aromatic heterocycles. The van der Waals surface area contributed by atoms with Gasteiger partial charge in [-0.1, -0.05) is 97.1 Å². The van der Waals surface area contributed by atoms with Gasteiger partial charge in [0.15, 0.2) is 11.6 Å². The van der Waals surface area contributed by atoms with Crippen molar-refractivity contribution in [2.45, 2.75) is 35.2 Å². The lowest BCUT2D eigenvalue weighted by Crippen LogP contribution is -2.34. The second-order valence-electron chi connectivity index (χ2n) is 16.0. The maximum atomic E-state index is 6.19. The SMILES string of the molecule is C1=C[C@@H]2c3cc4cc5cc6c(cc5cc4cc3[C@@H]1C21OCCO1)[C@H]1C=C[C@@H]6C12OCCO2.C=C.[2HH].c1ccc2cc3cc4cc5ccccc5cc4cc3cc2c1. The Morgan fingerprint density at radius 3 is 0.804 bits per heavy atom. The summed E-state index contributed by atoms with van der Waals surface area (Å²) in [6.07, 6.45) is 9.12. The normalized spacial score (nSPS) is 23.8. The molecule has 4 bridgehead atoms. The van der Waals surface area contributed by atoms with Crippen LogP contribution in [0, 0.1) is 0 Å². The molecule has 0 N–H and O–H groups in total. The van der Waals surface area contributed by atoms with E-state index in [4.69, 9.17) is 18.9 Å². The minimum atomic E-state index is -0.499. The van der Waals surface area contributed by atoms with Gasteiger partial charge in [0, 0.05) is 1.43 Å². The standard InChI is InChI=1S/C28H22O4.C22H14.C2H4.H2/c1-2-24-20-12-16-10-18-14-22-21(25-3-4-26(22)28(25)31-7-8-32-28)13-17(18)9-15(16)11-19(20)23(1)27(24)29-5-6-30-27;1-2-6-16-10-20-14-22-12-18-8-4-3-7-17(18)11-21(22)13-19(20)9-15(16)5-1;1-2;/h1-4,9-14,23-26H,5-8H2;1-14H;1-2H2;1H/t23-,24-,25-,26+;;;/m1.../s1/i;;;1+1. The van der Waals surface area contributed by atoms with Gasteiger partial charge in [0.25, 0.3) is 0 Å². The molecule has 0 unspecified atom stereocenters. The third-order valence-corrected chi connectivity index (χ3v) is 13.3. The van der Waals surface area contributed by atoms with E-state index in [1.807, 2.05) is 0 Å². The van der Waals surface area contributed by atoms with Crippen LogP contribution in [0.5, 0.6) is 0 Å². The van der Waals surface area contributed by atoms with E-state index in [2.05, 4.69) is 159 Å². The molecule has 0 saturated carbocycles. The molecule has 4 aliphatic carbocycles. The van der Waals surface area contributed by atoms with E-state index in [1.165, 1.54) is 86.9 Å². The van der Waals surface area contributed by atoms with Crippen molar-refractivity contribution >= 4 is 64.6 Å². The lowest BCUT2D eigenvalue weighted by Gasteiger charge is -2.27. The van der Waals surface area contributed by atoms with Gasteiger partial charge in [0.05, 0.1) is 50.1 Å². The Morgan fingerprint density at radius 2 is 0.554 bits per heavy atom. The molecule has 56 heavy (non-hydrogen) atoms. The minimum Gasteiger partial charge on any atom is -0.346 e. The molecule has 4 atom stereocenters. The number of hydrogen-bond acceptors (Lipinski definition) is 4. The number of ether oxygens (including phenoxy) is 4. The molecule has 8 aromatic carbocycles. The smallest absolute Gasteiger partial charge is 0.189 e. The van der Waals surface area contributed by atoms with Crippen molar-refractivity contribution in [2.24, 2.45) is 0 Å². The third kappa shape index (κ3) is 4.44. The van der Waals surface area contributed by atoms with E-state index in [-0.39, 0.29) is 25.1 Å². The van der Waals surface area contributed by atoms with Crippen LogP contribution in [0.4, 0.5) is 0 Å². The second-order valence-corrected chi connectivity index (χ2v) is 16.0. The summed E-state index contributed by atoms with van der Waals surface area (Å²) in [5.41, 5.74) is 5.45. The first-order chi connectivity index (χ1) is 27.6. The number of hydrogen-bond donors (Lipinski definition) is 0. The fourth-order valence-electron chi connectivity index (χ4n) is 10.9. The van der Waals surface area contributed by atoms with E-state index in [0.717, 1.165) is 0 Å². The van der Waals surface area contributed by atoms with Crippen molar-refractivity contribution < 1.29 is 20.4 Å². The van der Waals surface area contributed by atoms with Gasteiger partial charge in [0.1, 0.15) is 0 Å². The van der Waals surface area contributed by atoms with Crippen molar-refractivity contribution in [3.63, 3.8) is 0 Å². The van der Waals surface area contributed by atoms with Crippen LogP contribution in [-0.2, 0) is 18.9 Å². The van der Waals surface area contributed by atoms with Gasteiger partial charge in [-0.15, -0.1) is 13.2 Å². The fourth-order valence-corrected chi connectivity index (χ4v) is 10.9. The Bertz CT molecular complexity index is 2640. The van der Waals surface area contributed by atoms with Gasteiger partial charge >= 0.3 is 0 Å². The second kappa shape index (κ2) is 11.9. The van der Waals surface area contributed by atoms with Crippen LogP contribution >= 0.6 is 0 Å². The van der Waals surface area contributed by atoms with Gasteiger partial charge in [-0.05, 0) is 135 Å². The fraction of sp³-hybridized carbons (Fsp3) is 0.192. The summed E-state index contributed by atoms with van der Waals surface area (Å²) in [5.74, 6) is -0.211. The zero-order chi connectivity index (χ0) is 37.2. The molecular weight excluding hydrogens is 689 g/mol. The van der Waals surface area contributed by atoms with Crippen LogP contribution in [0.3, 0.4) is 0 Å². The van der Waals surface area contributed by atoms with Crippen molar-refractivity contribution in [2.75, 3.05) is 26.4 Å². The Hall–Kier alpha value is -5.62. The quantitative estimate of drug-likeness (QED) is 0.115. The lowest BCUT2D eigenvalue weighted by molar-refractivity contribution is -0.161. The highest BCUT2D eigenvalue weighted by Gasteiger charge is 2.60. The highest BCUT2D eigenvalue weighted by Crippen LogP contribution is 2.61. The third-order valence-electron chi connectivity index (χ3n) is 13.3. The number of benzene rings is 8. The largest absolute Gasteiger partial charge is 0.346 e. The summed E-state index contributed by atoms with van der Waals surface area (Å²) < 4.78 is 24.8. The highest BCUT2D eigenvalue weighted by atomic mass is 16.7. The Kier molecular flexibility index (Phi) is 6.95. The van der Waals surface area contributed by atoms with Gasteiger partial charge in [-0.25, -0.2) is 0 Å². The molecule has 0 amide bonds. The molecule has 2 fully saturated rings. The average Bonchev–Trinajstić information content (AvgIpc) is 4.11. The van der Waals surface area contributed by atoms with Gasteiger partial charge < -0.3 is 18.9 Å². The molecule has 14 rings (SSSR count). The first-order valence-electron chi connectivity index (χ1n) is 19.9. The van der Waals surface area contributed by atoms with E-state index in [0.29, 0.717) is 26.4 Å². The predicted molar refractivity (Wildman–Crippen MR) is 230 cm³/mol. The molecular formula is C52H42O4. The van der Waals surface area contributed by atoms with E-state index < -0.39 is 11.6 Å². The molecule has 2 saturated heterocycles. The van der Waals surface area contributed by atoms with Gasteiger partial charge in [-0.2, -0.15) is 0 Å². The van der Waals surface area contributed by atoms with Crippen molar-refractivity contribution in [1.82, 2.24) is 0 Å². The molecule has 8 aromatic rings. The molecule has 4 heteroatoms. The summed E-state index contributed by atoms with van der Waals surface area (Å²) in [5, 5.41) is 15.6. The van der Waals surface area contributed by atoms with Crippen molar-refractivity contribution in [3.05, 3.63) is 181 Å². The molecule has 6 aliphatic rings. The van der Waals surface area contributed by atoms with E-state index in [9.17, 15) is 0 Å². The summed E-state index contributed by atoms with van der Waals surface area (Å²) in [4.78, 5) is 0. The number of fused-ring (bicyclic) bond motifs is 12. The highest BCUT2D eigenvalue weighted by molar-refractivity contribution is 6.08. The van der Waals surface area contributed by atoms with Crippen LogP contribution < -0.4 is 0 Å². The maximum absolute atomic E-state index is 6.19. The topological polar surface area (TPSA) is 36.9 Å². The Morgan fingerprint density at radius 1 is 0.339 bits per heavy atom. The molecule has 2 heterocycles. The number of rotatable bonds is 0. The lowest BCUT2D eigenvalue weighted by atomic mass is 9.89. The molecule has 2 spiro atoms. The molecule has 2 aliphatic heterocycles. The summed E-state index contributed by atoms with van der Waals surface area (Å²) in [7, 11) is 0. The van der Waals surface area contributed by atoms with Crippen molar-refractivity contribution in [1.29, 1.82) is 0 Å². The summed E-state index contributed by atoms with van der Waals surface area (Å²) in [6.45, 7) is 8.73. The maximum Gasteiger partial charge on any atom is 0.189 e. The zero-order valence-electron chi connectivity index (χ0n) is 31.0. The molecule has 0 radical (unpaired) electrons. The van der Waals surface area contributed by atoms with Gasteiger partial charge in [-0.3, -0.25) is 0 Å².